The molecule has 2 aromatic rings. The molecule has 0 saturated carbocycles. The number of aromatic nitrogens is 2. The summed E-state index contributed by atoms with van der Waals surface area (Å²) in [6, 6.07) is 5.40. The first-order valence-corrected chi connectivity index (χ1v) is 7.27. The van der Waals surface area contributed by atoms with Crippen molar-refractivity contribution in [3.8, 4) is 0 Å². The van der Waals surface area contributed by atoms with Crippen molar-refractivity contribution in [1.29, 1.82) is 0 Å². The van der Waals surface area contributed by atoms with E-state index in [2.05, 4.69) is 31.4 Å². The smallest absolute Gasteiger partial charge is 0.274 e. The van der Waals surface area contributed by atoms with Gasteiger partial charge in [-0.05, 0) is 45.1 Å². The van der Waals surface area contributed by atoms with Crippen LogP contribution in [0.5, 0.6) is 0 Å². The average Bonchev–Trinajstić information content (AvgIpc) is 2.83. The van der Waals surface area contributed by atoms with Crippen molar-refractivity contribution < 1.29 is 4.79 Å². The van der Waals surface area contributed by atoms with Crippen LogP contribution in [-0.2, 0) is 6.54 Å². The molecule has 0 aromatic carbocycles. The highest BCUT2D eigenvalue weighted by atomic mass is 79.9. The number of amides is 1. The van der Waals surface area contributed by atoms with Gasteiger partial charge in [0.2, 0.25) is 0 Å². The van der Waals surface area contributed by atoms with E-state index in [1.54, 1.807) is 42.5 Å². The van der Waals surface area contributed by atoms with Gasteiger partial charge in [0, 0.05) is 20.6 Å². The zero-order valence-corrected chi connectivity index (χ0v) is 13.0. The number of nitrogens with one attached hydrogen (secondary N) is 1. The number of halogens is 1. The lowest BCUT2D eigenvalue weighted by atomic mass is 10.3. The molecule has 100 valence electrons. The molecule has 0 spiro atoms. The molecular weight excluding hydrogens is 328 g/mol. The predicted octanol–water partition coefficient (Wildman–Crippen LogP) is 2.61. The first-order chi connectivity index (χ1) is 9.10. The number of carbonyl (C=O) groups excluding carboxylic acids is 1. The van der Waals surface area contributed by atoms with Gasteiger partial charge in [0.15, 0.2) is 5.69 Å². The Bertz CT molecular complexity index is 569. The van der Waals surface area contributed by atoms with Crippen molar-refractivity contribution in [3.63, 3.8) is 0 Å². The number of nitrogens with zero attached hydrogens (tertiary/aromatic N) is 3. The minimum absolute atomic E-state index is 0.141. The van der Waals surface area contributed by atoms with Crippen molar-refractivity contribution in [2.45, 2.75) is 6.54 Å². The average molecular weight is 341 g/mol. The van der Waals surface area contributed by atoms with Crippen LogP contribution < -0.4 is 5.32 Å². The molecule has 0 atom stereocenters. The highest BCUT2D eigenvalue weighted by Gasteiger charge is 2.14. The van der Waals surface area contributed by atoms with Gasteiger partial charge in [-0.1, -0.05) is 0 Å². The third kappa shape index (κ3) is 3.51. The summed E-state index contributed by atoms with van der Waals surface area (Å²) in [6.07, 6.45) is 0. The van der Waals surface area contributed by atoms with Crippen LogP contribution in [0, 0.1) is 0 Å². The summed E-state index contributed by atoms with van der Waals surface area (Å²) < 4.78 is 1.06. The maximum absolute atomic E-state index is 12.2. The van der Waals surface area contributed by atoms with E-state index in [-0.39, 0.29) is 5.91 Å². The minimum atomic E-state index is -0.141. The van der Waals surface area contributed by atoms with Gasteiger partial charge in [-0.3, -0.25) is 4.79 Å². The molecule has 0 bridgehead atoms. The zero-order valence-electron chi connectivity index (χ0n) is 10.6. The van der Waals surface area contributed by atoms with Crippen molar-refractivity contribution in [3.05, 3.63) is 38.6 Å². The number of anilines is 1. The first kappa shape index (κ1) is 14.0. The maximum atomic E-state index is 12.2. The zero-order chi connectivity index (χ0) is 13.8. The standard InChI is InChI=1S/C12H13BrN4OS/c1-14-11-4-3-9(15-16-11)12(18)17(2)6-8-5-10(13)19-7-8/h3-5,7H,6H2,1-2H3,(H,14,16). The second-order valence-electron chi connectivity index (χ2n) is 3.97. The van der Waals surface area contributed by atoms with E-state index in [9.17, 15) is 4.79 Å². The van der Waals surface area contributed by atoms with Crippen LogP contribution in [0.15, 0.2) is 27.4 Å². The van der Waals surface area contributed by atoms with Gasteiger partial charge < -0.3 is 10.2 Å². The van der Waals surface area contributed by atoms with Crippen LogP contribution in [0.2, 0.25) is 0 Å². The van der Waals surface area contributed by atoms with E-state index < -0.39 is 0 Å². The summed E-state index contributed by atoms with van der Waals surface area (Å²) in [6.45, 7) is 0.552. The number of carbonyl (C=O) groups is 1. The van der Waals surface area contributed by atoms with Gasteiger partial charge in [0.05, 0.1) is 3.79 Å². The first-order valence-electron chi connectivity index (χ1n) is 5.60. The monoisotopic (exact) mass is 340 g/mol. The molecule has 0 unspecified atom stereocenters. The summed E-state index contributed by atoms with van der Waals surface area (Å²) in [7, 11) is 3.51. The van der Waals surface area contributed by atoms with Gasteiger partial charge in [0.1, 0.15) is 5.82 Å². The molecule has 0 saturated heterocycles. The van der Waals surface area contributed by atoms with E-state index in [4.69, 9.17) is 0 Å². The highest BCUT2D eigenvalue weighted by Crippen LogP contribution is 2.21. The van der Waals surface area contributed by atoms with Gasteiger partial charge >= 0.3 is 0 Å². The van der Waals surface area contributed by atoms with E-state index in [1.165, 1.54) is 0 Å². The Hall–Kier alpha value is -1.47. The Morgan fingerprint density at radius 2 is 2.26 bits per heavy atom. The molecule has 0 aliphatic rings. The quantitative estimate of drug-likeness (QED) is 0.929. The number of hydrogen-bond acceptors (Lipinski definition) is 5. The summed E-state index contributed by atoms with van der Waals surface area (Å²) in [5.41, 5.74) is 1.43. The van der Waals surface area contributed by atoms with Crippen molar-refractivity contribution >= 4 is 39.0 Å². The highest BCUT2D eigenvalue weighted by molar-refractivity contribution is 9.11. The summed E-state index contributed by atoms with van der Waals surface area (Å²) >= 11 is 5.01. The number of hydrogen-bond donors (Lipinski definition) is 1. The van der Waals surface area contributed by atoms with E-state index in [1.807, 2.05) is 11.4 Å². The molecule has 0 fully saturated rings. The fourth-order valence-electron chi connectivity index (χ4n) is 1.55. The summed E-state index contributed by atoms with van der Waals surface area (Å²) in [5, 5.41) is 12.7. The molecule has 0 aliphatic carbocycles. The number of thiophene rings is 1. The number of rotatable bonds is 4. The Morgan fingerprint density at radius 3 is 2.79 bits per heavy atom. The van der Waals surface area contributed by atoms with Gasteiger partial charge in [0.25, 0.3) is 5.91 Å². The van der Waals surface area contributed by atoms with Crippen molar-refractivity contribution in [2.24, 2.45) is 0 Å². The van der Waals surface area contributed by atoms with E-state index in [0.717, 1.165) is 9.35 Å². The molecule has 19 heavy (non-hydrogen) atoms. The van der Waals surface area contributed by atoms with Crippen LogP contribution in [0.4, 0.5) is 5.82 Å². The molecule has 2 aromatic heterocycles. The summed E-state index contributed by atoms with van der Waals surface area (Å²) in [4.78, 5) is 13.8. The van der Waals surface area contributed by atoms with Crippen LogP contribution >= 0.6 is 27.3 Å². The Kier molecular flexibility index (Phi) is 4.49. The van der Waals surface area contributed by atoms with E-state index in [0.29, 0.717) is 18.1 Å². The fraction of sp³-hybridized carbons (Fsp3) is 0.250. The largest absolute Gasteiger partial charge is 0.372 e. The second-order valence-corrected chi connectivity index (χ2v) is 6.26. The molecule has 1 amide bonds. The Labute approximate surface area is 123 Å². The summed E-state index contributed by atoms with van der Waals surface area (Å²) in [5.74, 6) is 0.499. The SMILES string of the molecule is CNc1ccc(C(=O)N(C)Cc2csc(Br)c2)nn1. The van der Waals surface area contributed by atoms with Crippen LogP contribution in [0.1, 0.15) is 16.1 Å². The van der Waals surface area contributed by atoms with Crippen LogP contribution in [-0.4, -0.2) is 35.1 Å². The molecule has 7 heteroatoms. The predicted molar refractivity (Wildman–Crippen MR) is 79.4 cm³/mol. The lowest BCUT2D eigenvalue weighted by molar-refractivity contribution is 0.0778. The van der Waals surface area contributed by atoms with Crippen LogP contribution in [0.25, 0.3) is 0 Å². The van der Waals surface area contributed by atoms with E-state index >= 15 is 0 Å². The lowest BCUT2D eigenvalue weighted by Crippen LogP contribution is -2.27. The second kappa shape index (κ2) is 6.12. The molecule has 1 N–H and O–H groups in total. The molecule has 2 rings (SSSR count). The molecule has 2 heterocycles. The molecule has 0 aliphatic heterocycles. The van der Waals surface area contributed by atoms with Crippen molar-refractivity contribution in [1.82, 2.24) is 15.1 Å². The molecule has 5 nitrogen and oxygen atoms in total. The molecular formula is C12H13BrN4OS. The third-order valence-electron chi connectivity index (χ3n) is 2.53. The van der Waals surface area contributed by atoms with Gasteiger partial charge in [-0.25, -0.2) is 0 Å². The third-order valence-corrected chi connectivity index (χ3v) is 4.08. The fourth-order valence-corrected chi connectivity index (χ4v) is 2.75. The normalized spacial score (nSPS) is 10.3. The molecule has 0 radical (unpaired) electrons. The maximum Gasteiger partial charge on any atom is 0.274 e. The Balaban J connectivity index is 2.05. The minimum Gasteiger partial charge on any atom is -0.372 e. The topological polar surface area (TPSA) is 58.1 Å². The Morgan fingerprint density at radius 1 is 1.47 bits per heavy atom. The van der Waals surface area contributed by atoms with Crippen LogP contribution in [0.3, 0.4) is 0 Å². The van der Waals surface area contributed by atoms with Gasteiger partial charge in [-0.15, -0.1) is 21.5 Å². The lowest BCUT2D eigenvalue weighted by Gasteiger charge is -2.15. The van der Waals surface area contributed by atoms with Gasteiger partial charge in [-0.2, -0.15) is 0 Å². The van der Waals surface area contributed by atoms with Crippen molar-refractivity contribution in [2.75, 3.05) is 19.4 Å².